The Bertz CT molecular complexity index is 602. The van der Waals surface area contributed by atoms with E-state index in [0.717, 1.165) is 35.7 Å². The monoisotopic (exact) mass is 288 g/mol. The van der Waals surface area contributed by atoms with Crippen molar-refractivity contribution in [1.29, 1.82) is 0 Å². The average Bonchev–Trinajstić information content (AvgIpc) is 2.82. The molecule has 2 heterocycles. The molecule has 0 aromatic carbocycles. The molecule has 0 spiro atoms. The maximum absolute atomic E-state index is 12.3. The molecule has 1 amide bonds. The molecule has 0 bridgehead atoms. The van der Waals surface area contributed by atoms with Crippen LogP contribution in [0.2, 0.25) is 0 Å². The zero-order valence-electron chi connectivity index (χ0n) is 12.6. The third kappa shape index (κ3) is 3.59. The highest BCUT2D eigenvalue weighted by Crippen LogP contribution is 2.15. The van der Waals surface area contributed by atoms with Gasteiger partial charge in [0, 0.05) is 24.8 Å². The van der Waals surface area contributed by atoms with Crippen molar-refractivity contribution < 1.29 is 9.32 Å². The Kier molecular flexibility index (Phi) is 4.92. The molecule has 0 aliphatic rings. The van der Waals surface area contributed by atoms with Crippen LogP contribution in [0.5, 0.6) is 0 Å². The smallest absolute Gasteiger partial charge is 0.253 e. The van der Waals surface area contributed by atoms with Crippen LogP contribution in [0.3, 0.4) is 0 Å². The van der Waals surface area contributed by atoms with Crippen molar-refractivity contribution >= 4 is 11.6 Å². The second kappa shape index (κ2) is 6.88. The van der Waals surface area contributed by atoms with Crippen molar-refractivity contribution in [2.45, 2.75) is 33.7 Å². The Balaban J connectivity index is 2.07. The maximum Gasteiger partial charge on any atom is 0.253 e. The summed E-state index contributed by atoms with van der Waals surface area (Å²) in [7, 11) is 0. The van der Waals surface area contributed by atoms with E-state index in [4.69, 9.17) is 4.52 Å². The molecule has 6 heteroatoms. The number of aromatic nitrogens is 2. The van der Waals surface area contributed by atoms with E-state index in [0.29, 0.717) is 12.1 Å². The van der Waals surface area contributed by atoms with Crippen molar-refractivity contribution in [2.75, 3.05) is 11.9 Å². The van der Waals surface area contributed by atoms with Gasteiger partial charge in [-0.3, -0.25) is 9.78 Å². The van der Waals surface area contributed by atoms with Gasteiger partial charge in [0.2, 0.25) is 0 Å². The Morgan fingerprint density at radius 1 is 1.38 bits per heavy atom. The third-order valence-electron chi connectivity index (χ3n) is 3.24. The van der Waals surface area contributed by atoms with E-state index in [-0.39, 0.29) is 5.91 Å². The average molecular weight is 288 g/mol. The Morgan fingerprint density at radius 3 is 2.86 bits per heavy atom. The molecular weight excluding hydrogens is 268 g/mol. The van der Waals surface area contributed by atoms with E-state index in [1.54, 1.807) is 18.5 Å². The molecule has 0 saturated heterocycles. The lowest BCUT2D eigenvalue weighted by Crippen LogP contribution is -2.24. The van der Waals surface area contributed by atoms with Crippen LogP contribution >= 0.6 is 0 Å². The summed E-state index contributed by atoms with van der Waals surface area (Å²) in [5.41, 5.74) is 3.05. The SMILES string of the molecule is CCCNc1cnccc1C(=O)NCc1c(C)noc1C. The quantitative estimate of drug-likeness (QED) is 0.853. The molecule has 0 aliphatic carbocycles. The molecule has 0 unspecified atom stereocenters. The number of nitrogens with zero attached hydrogens (tertiary/aromatic N) is 2. The number of anilines is 1. The molecule has 0 fully saturated rings. The lowest BCUT2D eigenvalue weighted by atomic mass is 10.1. The van der Waals surface area contributed by atoms with Crippen LogP contribution in [0.25, 0.3) is 0 Å². The van der Waals surface area contributed by atoms with Gasteiger partial charge in [-0.25, -0.2) is 0 Å². The first-order valence-electron chi connectivity index (χ1n) is 7.01. The number of carbonyl (C=O) groups is 1. The molecule has 112 valence electrons. The second-order valence-corrected chi connectivity index (χ2v) is 4.83. The van der Waals surface area contributed by atoms with Crippen LogP contribution < -0.4 is 10.6 Å². The first kappa shape index (κ1) is 15.0. The molecule has 0 radical (unpaired) electrons. The van der Waals surface area contributed by atoms with E-state index in [2.05, 4.69) is 27.7 Å². The number of rotatable bonds is 6. The number of pyridine rings is 1. The van der Waals surface area contributed by atoms with Crippen LogP contribution in [0, 0.1) is 13.8 Å². The minimum absolute atomic E-state index is 0.143. The molecular formula is C15H20N4O2. The van der Waals surface area contributed by atoms with Crippen LogP contribution in [0.1, 0.15) is 40.7 Å². The Hall–Kier alpha value is -2.37. The van der Waals surface area contributed by atoms with Gasteiger partial charge in [0.15, 0.2) is 0 Å². The summed E-state index contributed by atoms with van der Waals surface area (Å²) in [6.45, 7) is 6.97. The van der Waals surface area contributed by atoms with Gasteiger partial charge in [0.25, 0.3) is 5.91 Å². The lowest BCUT2D eigenvalue weighted by Gasteiger charge is -2.11. The van der Waals surface area contributed by atoms with E-state index < -0.39 is 0 Å². The molecule has 2 aromatic heterocycles. The highest BCUT2D eigenvalue weighted by Gasteiger charge is 2.14. The lowest BCUT2D eigenvalue weighted by molar-refractivity contribution is 0.0951. The summed E-state index contributed by atoms with van der Waals surface area (Å²) >= 11 is 0. The van der Waals surface area contributed by atoms with Gasteiger partial charge in [0.05, 0.1) is 23.1 Å². The van der Waals surface area contributed by atoms with Gasteiger partial charge < -0.3 is 15.2 Å². The molecule has 2 N–H and O–H groups in total. The molecule has 0 atom stereocenters. The number of amides is 1. The molecule has 2 aromatic rings. The molecule has 6 nitrogen and oxygen atoms in total. The Labute approximate surface area is 123 Å². The highest BCUT2D eigenvalue weighted by atomic mass is 16.5. The van der Waals surface area contributed by atoms with Gasteiger partial charge in [-0.2, -0.15) is 0 Å². The van der Waals surface area contributed by atoms with Gasteiger partial charge in [-0.15, -0.1) is 0 Å². The van der Waals surface area contributed by atoms with E-state index in [9.17, 15) is 4.79 Å². The number of hydrogen-bond donors (Lipinski definition) is 2. The molecule has 21 heavy (non-hydrogen) atoms. The number of carbonyl (C=O) groups excluding carboxylic acids is 1. The number of hydrogen-bond acceptors (Lipinski definition) is 5. The highest BCUT2D eigenvalue weighted by molar-refractivity contribution is 5.99. The summed E-state index contributed by atoms with van der Waals surface area (Å²) < 4.78 is 5.09. The zero-order chi connectivity index (χ0) is 15.2. The molecule has 0 saturated carbocycles. The fourth-order valence-electron chi connectivity index (χ4n) is 2.01. The predicted octanol–water partition coefficient (Wildman–Crippen LogP) is 2.44. The minimum atomic E-state index is -0.143. The van der Waals surface area contributed by atoms with E-state index >= 15 is 0 Å². The minimum Gasteiger partial charge on any atom is -0.383 e. The number of aryl methyl sites for hydroxylation is 2. The van der Waals surface area contributed by atoms with Gasteiger partial charge >= 0.3 is 0 Å². The van der Waals surface area contributed by atoms with Crippen molar-refractivity contribution in [1.82, 2.24) is 15.5 Å². The molecule has 2 rings (SSSR count). The van der Waals surface area contributed by atoms with Crippen molar-refractivity contribution in [3.63, 3.8) is 0 Å². The summed E-state index contributed by atoms with van der Waals surface area (Å²) in [6.07, 6.45) is 4.26. The van der Waals surface area contributed by atoms with Crippen molar-refractivity contribution in [3.05, 3.63) is 41.0 Å². The molecule has 0 aliphatic heterocycles. The van der Waals surface area contributed by atoms with E-state index in [1.165, 1.54) is 0 Å². The summed E-state index contributed by atoms with van der Waals surface area (Å²) in [5.74, 6) is 0.586. The second-order valence-electron chi connectivity index (χ2n) is 4.83. The van der Waals surface area contributed by atoms with Crippen LogP contribution in [0.4, 0.5) is 5.69 Å². The standard InChI is InChI=1S/C15H20N4O2/c1-4-6-17-14-9-16-7-5-12(14)15(20)18-8-13-10(2)19-21-11(13)3/h5,7,9,17H,4,6,8H2,1-3H3,(H,18,20). The maximum atomic E-state index is 12.3. The first-order chi connectivity index (χ1) is 10.1. The van der Waals surface area contributed by atoms with Crippen LogP contribution in [-0.2, 0) is 6.54 Å². The summed E-state index contributed by atoms with van der Waals surface area (Å²) in [6, 6.07) is 1.71. The van der Waals surface area contributed by atoms with Crippen molar-refractivity contribution in [2.24, 2.45) is 0 Å². The van der Waals surface area contributed by atoms with Gasteiger partial charge in [0.1, 0.15) is 5.76 Å². The summed E-state index contributed by atoms with van der Waals surface area (Å²) in [5, 5.41) is 9.97. The largest absolute Gasteiger partial charge is 0.383 e. The van der Waals surface area contributed by atoms with Gasteiger partial charge in [-0.1, -0.05) is 12.1 Å². The fraction of sp³-hybridized carbons (Fsp3) is 0.400. The summed E-state index contributed by atoms with van der Waals surface area (Å²) in [4.78, 5) is 16.4. The van der Waals surface area contributed by atoms with Crippen LogP contribution in [0.15, 0.2) is 23.0 Å². The van der Waals surface area contributed by atoms with Gasteiger partial charge in [-0.05, 0) is 26.3 Å². The number of nitrogens with one attached hydrogen (secondary N) is 2. The first-order valence-corrected chi connectivity index (χ1v) is 7.01. The van der Waals surface area contributed by atoms with Crippen LogP contribution in [-0.4, -0.2) is 22.6 Å². The normalized spacial score (nSPS) is 10.4. The fourth-order valence-corrected chi connectivity index (χ4v) is 2.01. The zero-order valence-corrected chi connectivity index (χ0v) is 12.6. The van der Waals surface area contributed by atoms with E-state index in [1.807, 2.05) is 13.8 Å². The topological polar surface area (TPSA) is 80.0 Å². The Morgan fingerprint density at radius 2 is 2.19 bits per heavy atom. The van der Waals surface area contributed by atoms with Crippen molar-refractivity contribution in [3.8, 4) is 0 Å². The predicted molar refractivity (Wildman–Crippen MR) is 80.2 cm³/mol. The third-order valence-corrected chi connectivity index (χ3v) is 3.24.